The van der Waals surface area contributed by atoms with E-state index in [2.05, 4.69) is 5.10 Å². The smallest absolute Gasteiger partial charge is 0.169 e. The van der Waals surface area contributed by atoms with Crippen molar-refractivity contribution in [2.24, 2.45) is 0 Å². The van der Waals surface area contributed by atoms with Crippen LogP contribution in [0.2, 0.25) is 0 Å². The number of phenols is 2. The number of aromatic hydroxyl groups is 2. The summed E-state index contributed by atoms with van der Waals surface area (Å²) in [6, 6.07) is 13.4. The SMILES string of the molecule is Oc1ccc(-n2cc(Oc3ccccc3O)cn2)cc1. The number of aromatic nitrogens is 2. The van der Waals surface area contributed by atoms with E-state index in [1.165, 1.54) is 0 Å². The van der Waals surface area contributed by atoms with Gasteiger partial charge in [0.25, 0.3) is 0 Å². The molecule has 0 unspecified atom stereocenters. The zero-order valence-electron chi connectivity index (χ0n) is 10.5. The molecule has 0 aliphatic rings. The summed E-state index contributed by atoms with van der Waals surface area (Å²) in [4.78, 5) is 0. The molecule has 3 aromatic rings. The summed E-state index contributed by atoms with van der Waals surface area (Å²) in [6.45, 7) is 0. The number of benzene rings is 2. The van der Waals surface area contributed by atoms with Gasteiger partial charge in [-0.15, -0.1) is 0 Å². The molecule has 0 bridgehead atoms. The Hall–Kier alpha value is -2.95. The Bertz CT molecular complexity index is 720. The fourth-order valence-electron chi connectivity index (χ4n) is 1.78. The maximum Gasteiger partial charge on any atom is 0.169 e. The van der Waals surface area contributed by atoms with Crippen molar-refractivity contribution in [3.8, 4) is 28.7 Å². The monoisotopic (exact) mass is 268 g/mol. The van der Waals surface area contributed by atoms with E-state index in [0.29, 0.717) is 11.5 Å². The average molecular weight is 268 g/mol. The number of phenolic OH excluding ortho intramolecular Hbond substituents is 2. The van der Waals surface area contributed by atoms with Gasteiger partial charge in [0.1, 0.15) is 5.75 Å². The summed E-state index contributed by atoms with van der Waals surface area (Å²) in [5.41, 5.74) is 0.801. The minimum atomic E-state index is 0.0740. The molecule has 0 fully saturated rings. The van der Waals surface area contributed by atoms with Crippen LogP contribution in [-0.2, 0) is 0 Å². The lowest BCUT2D eigenvalue weighted by Crippen LogP contribution is -1.92. The van der Waals surface area contributed by atoms with Gasteiger partial charge in [0, 0.05) is 0 Å². The summed E-state index contributed by atoms with van der Waals surface area (Å²) >= 11 is 0. The van der Waals surface area contributed by atoms with Gasteiger partial charge >= 0.3 is 0 Å². The molecule has 0 radical (unpaired) electrons. The molecule has 1 heterocycles. The molecule has 0 amide bonds. The number of hydrogen-bond acceptors (Lipinski definition) is 4. The highest BCUT2D eigenvalue weighted by Crippen LogP contribution is 2.29. The third-order valence-corrected chi connectivity index (χ3v) is 2.77. The normalized spacial score (nSPS) is 10.4. The highest BCUT2D eigenvalue weighted by Gasteiger charge is 2.06. The first-order valence-corrected chi connectivity index (χ1v) is 6.02. The van der Waals surface area contributed by atoms with Crippen molar-refractivity contribution in [3.05, 3.63) is 60.9 Å². The topological polar surface area (TPSA) is 67.5 Å². The Morgan fingerprint density at radius 1 is 0.950 bits per heavy atom. The molecule has 0 saturated carbocycles. The third-order valence-electron chi connectivity index (χ3n) is 2.77. The molecule has 20 heavy (non-hydrogen) atoms. The summed E-state index contributed by atoms with van der Waals surface area (Å²) < 4.78 is 7.17. The van der Waals surface area contributed by atoms with Gasteiger partial charge in [-0.1, -0.05) is 12.1 Å². The molecule has 1 aromatic heterocycles. The third kappa shape index (κ3) is 2.42. The van der Waals surface area contributed by atoms with Crippen molar-refractivity contribution >= 4 is 0 Å². The second-order valence-electron chi connectivity index (χ2n) is 4.21. The van der Waals surface area contributed by atoms with Crippen LogP contribution >= 0.6 is 0 Å². The van der Waals surface area contributed by atoms with Crippen LogP contribution in [0.3, 0.4) is 0 Å². The van der Waals surface area contributed by atoms with Gasteiger partial charge < -0.3 is 14.9 Å². The van der Waals surface area contributed by atoms with Crippen molar-refractivity contribution in [3.63, 3.8) is 0 Å². The molecule has 2 aromatic carbocycles. The summed E-state index contributed by atoms with van der Waals surface area (Å²) in [5.74, 6) is 1.16. The summed E-state index contributed by atoms with van der Waals surface area (Å²) in [5, 5.41) is 23.1. The van der Waals surface area contributed by atoms with Gasteiger partial charge in [-0.2, -0.15) is 5.10 Å². The number of nitrogens with zero attached hydrogens (tertiary/aromatic N) is 2. The maximum absolute atomic E-state index is 9.65. The van der Waals surface area contributed by atoms with Crippen molar-refractivity contribution < 1.29 is 14.9 Å². The second-order valence-corrected chi connectivity index (χ2v) is 4.21. The number of para-hydroxylation sites is 2. The predicted octanol–water partition coefficient (Wildman–Crippen LogP) is 3.08. The predicted molar refractivity (Wildman–Crippen MR) is 73.4 cm³/mol. The first-order valence-electron chi connectivity index (χ1n) is 6.02. The minimum absolute atomic E-state index is 0.0740. The largest absolute Gasteiger partial charge is 0.508 e. The van der Waals surface area contributed by atoms with Crippen LogP contribution in [0.25, 0.3) is 5.69 Å². The average Bonchev–Trinajstić information content (AvgIpc) is 2.91. The van der Waals surface area contributed by atoms with Gasteiger partial charge in [0.05, 0.1) is 18.1 Å². The van der Waals surface area contributed by atoms with Crippen molar-refractivity contribution in [2.45, 2.75) is 0 Å². The quantitative estimate of drug-likeness (QED) is 0.766. The lowest BCUT2D eigenvalue weighted by Gasteiger charge is -2.04. The Morgan fingerprint density at radius 2 is 1.70 bits per heavy atom. The van der Waals surface area contributed by atoms with Gasteiger partial charge in [0.15, 0.2) is 17.2 Å². The van der Waals surface area contributed by atoms with Crippen LogP contribution in [0.4, 0.5) is 0 Å². The van der Waals surface area contributed by atoms with Crippen molar-refractivity contribution in [1.82, 2.24) is 9.78 Å². The lowest BCUT2D eigenvalue weighted by atomic mass is 10.3. The van der Waals surface area contributed by atoms with E-state index < -0.39 is 0 Å². The van der Waals surface area contributed by atoms with Crippen LogP contribution in [0.5, 0.6) is 23.0 Å². The molecule has 100 valence electrons. The van der Waals surface area contributed by atoms with E-state index in [9.17, 15) is 10.2 Å². The second kappa shape index (κ2) is 4.97. The zero-order chi connectivity index (χ0) is 13.9. The van der Waals surface area contributed by atoms with E-state index in [1.807, 2.05) is 0 Å². The number of hydrogen-bond donors (Lipinski definition) is 2. The first-order chi connectivity index (χ1) is 9.72. The molecule has 0 aliphatic heterocycles. The van der Waals surface area contributed by atoms with E-state index in [-0.39, 0.29) is 11.5 Å². The van der Waals surface area contributed by atoms with Crippen LogP contribution in [-0.4, -0.2) is 20.0 Å². The van der Waals surface area contributed by atoms with E-state index in [4.69, 9.17) is 4.74 Å². The Labute approximate surface area is 115 Å². The Balaban J connectivity index is 1.84. The summed E-state index contributed by atoms with van der Waals surface area (Å²) in [6.07, 6.45) is 3.25. The van der Waals surface area contributed by atoms with E-state index in [1.54, 1.807) is 65.6 Å². The number of rotatable bonds is 3. The van der Waals surface area contributed by atoms with Crippen LogP contribution in [0.15, 0.2) is 60.9 Å². The van der Waals surface area contributed by atoms with E-state index in [0.717, 1.165) is 5.69 Å². The molecular formula is C15H12N2O3. The molecule has 0 aliphatic carbocycles. The minimum Gasteiger partial charge on any atom is -0.508 e. The Kier molecular flexibility index (Phi) is 3.01. The molecule has 0 spiro atoms. The molecule has 5 nitrogen and oxygen atoms in total. The van der Waals surface area contributed by atoms with Crippen LogP contribution in [0, 0.1) is 0 Å². The maximum atomic E-state index is 9.65. The molecule has 0 saturated heterocycles. The first kappa shape index (κ1) is 12.1. The van der Waals surface area contributed by atoms with E-state index >= 15 is 0 Å². The van der Waals surface area contributed by atoms with Crippen molar-refractivity contribution in [1.29, 1.82) is 0 Å². The van der Waals surface area contributed by atoms with Gasteiger partial charge in [-0.05, 0) is 36.4 Å². The van der Waals surface area contributed by atoms with Crippen LogP contribution in [0.1, 0.15) is 0 Å². The molecule has 3 rings (SSSR count). The molecule has 0 atom stereocenters. The standard InChI is InChI=1S/C15H12N2O3/c18-12-7-5-11(6-8-12)17-10-13(9-16-17)20-15-4-2-1-3-14(15)19/h1-10,18-19H. The van der Waals surface area contributed by atoms with Gasteiger partial charge in [-0.25, -0.2) is 4.68 Å². The zero-order valence-corrected chi connectivity index (χ0v) is 10.5. The fourth-order valence-corrected chi connectivity index (χ4v) is 1.78. The van der Waals surface area contributed by atoms with Gasteiger partial charge in [0.2, 0.25) is 0 Å². The Morgan fingerprint density at radius 3 is 2.45 bits per heavy atom. The highest BCUT2D eigenvalue weighted by molar-refractivity contribution is 5.42. The molecule has 5 heteroatoms. The summed E-state index contributed by atoms with van der Waals surface area (Å²) in [7, 11) is 0. The number of ether oxygens (including phenoxy) is 1. The highest BCUT2D eigenvalue weighted by atomic mass is 16.5. The fraction of sp³-hybridized carbons (Fsp3) is 0. The molecule has 2 N–H and O–H groups in total. The van der Waals surface area contributed by atoms with Crippen molar-refractivity contribution in [2.75, 3.05) is 0 Å². The van der Waals surface area contributed by atoms with Crippen LogP contribution < -0.4 is 4.74 Å². The molecular weight excluding hydrogens is 256 g/mol. The lowest BCUT2D eigenvalue weighted by molar-refractivity contribution is 0.411. The van der Waals surface area contributed by atoms with Gasteiger partial charge in [-0.3, -0.25) is 0 Å².